The van der Waals surface area contributed by atoms with E-state index in [1.54, 1.807) is 31.2 Å². The van der Waals surface area contributed by atoms with E-state index >= 15 is 0 Å². The average Bonchev–Trinajstić information content (AvgIpc) is 2.39. The summed E-state index contributed by atoms with van der Waals surface area (Å²) in [6.07, 6.45) is 0.437. The highest BCUT2D eigenvalue weighted by molar-refractivity contribution is 6.30. The number of aliphatic hydroxyl groups excluding tert-OH is 1. The molecule has 1 aromatic carbocycles. The van der Waals surface area contributed by atoms with Crippen molar-refractivity contribution in [3.8, 4) is 5.75 Å². The molecule has 0 saturated heterocycles. The molecule has 106 valence electrons. The third-order valence-electron chi connectivity index (χ3n) is 2.63. The van der Waals surface area contributed by atoms with Gasteiger partial charge in [-0.05, 0) is 37.6 Å². The second-order valence-electron chi connectivity index (χ2n) is 4.40. The summed E-state index contributed by atoms with van der Waals surface area (Å²) in [6.45, 7) is 3.90. The standard InChI is InChI=1S/C14H20ClNO3/c1-3-4-12(17)9-16-14(18)10(2)19-13-7-5-11(15)6-8-13/h5-8,10,12,17H,3-4,9H2,1-2H3,(H,16,18). The molecular formula is C14H20ClNO3. The lowest BCUT2D eigenvalue weighted by Gasteiger charge is -2.16. The summed E-state index contributed by atoms with van der Waals surface area (Å²) >= 11 is 5.76. The Hall–Kier alpha value is -1.26. The highest BCUT2D eigenvalue weighted by atomic mass is 35.5. The van der Waals surface area contributed by atoms with Gasteiger partial charge >= 0.3 is 0 Å². The Morgan fingerprint density at radius 3 is 2.63 bits per heavy atom. The summed E-state index contributed by atoms with van der Waals surface area (Å²) in [7, 11) is 0. The van der Waals surface area contributed by atoms with Gasteiger partial charge < -0.3 is 15.2 Å². The molecule has 0 fully saturated rings. The van der Waals surface area contributed by atoms with E-state index in [0.29, 0.717) is 17.2 Å². The molecule has 0 aliphatic heterocycles. The van der Waals surface area contributed by atoms with Crippen molar-refractivity contribution in [3.63, 3.8) is 0 Å². The molecule has 2 N–H and O–H groups in total. The topological polar surface area (TPSA) is 58.6 Å². The lowest BCUT2D eigenvalue weighted by atomic mass is 10.2. The minimum atomic E-state index is -0.616. The molecule has 0 aromatic heterocycles. The molecule has 0 saturated carbocycles. The fourth-order valence-electron chi connectivity index (χ4n) is 1.57. The van der Waals surface area contributed by atoms with Gasteiger partial charge in [0, 0.05) is 11.6 Å². The van der Waals surface area contributed by atoms with Crippen LogP contribution >= 0.6 is 11.6 Å². The highest BCUT2D eigenvalue weighted by Crippen LogP contribution is 2.16. The van der Waals surface area contributed by atoms with Gasteiger partial charge in [0.25, 0.3) is 5.91 Å². The van der Waals surface area contributed by atoms with Gasteiger partial charge in [0.15, 0.2) is 6.10 Å². The van der Waals surface area contributed by atoms with Crippen molar-refractivity contribution in [2.75, 3.05) is 6.54 Å². The quantitative estimate of drug-likeness (QED) is 0.809. The largest absolute Gasteiger partial charge is 0.481 e. The summed E-state index contributed by atoms with van der Waals surface area (Å²) in [5.41, 5.74) is 0. The summed E-state index contributed by atoms with van der Waals surface area (Å²) in [4.78, 5) is 11.7. The number of rotatable bonds is 7. The fourth-order valence-corrected chi connectivity index (χ4v) is 1.69. The van der Waals surface area contributed by atoms with Gasteiger partial charge in [-0.15, -0.1) is 0 Å². The van der Waals surface area contributed by atoms with E-state index < -0.39 is 12.2 Å². The molecule has 0 aliphatic carbocycles. The summed E-state index contributed by atoms with van der Waals surface area (Å²) < 4.78 is 5.47. The maximum absolute atomic E-state index is 11.7. The first-order valence-electron chi connectivity index (χ1n) is 6.41. The zero-order valence-electron chi connectivity index (χ0n) is 11.2. The number of hydrogen-bond donors (Lipinski definition) is 2. The second-order valence-corrected chi connectivity index (χ2v) is 4.84. The lowest BCUT2D eigenvalue weighted by Crippen LogP contribution is -2.40. The van der Waals surface area contributed by atoms with Crippen molar-refractivity contribution < 1.29 is 14.6 Å². The summed E-state index contributed by atoms with van der Waals surface area (Å²) in [5.74, 6) is 0.339. The molecule has 2 atom stereocenters. The molecular weight excluding hydrogens is 266 g/mol. The van der Waals surface area contributed by atoms with Gasteiger partial charge in [-0.2, -0.15) is 0 Å². The van der Waals surface area contributed by atoms with E-state index in [9.17, 15) is 9.90 Å². The Morgan fingerprint density at radius 2 is 2.05 bits per heavy atom. The van der Waals surface area contributed by atoms with Crippen LogP contribution in [0.4, 0.5) is 0 Å². The summed E-state index contributed by atoms with van der Waals surface area (Å²) in [5, 5.41) is 12.8. The van der Waals surface area contributed by atoms with Crippen LogP contribution in [0.5, 0.6) is 5.75 Å². The average molecular weight is 286 g/mol. The third-order valence-corrected chi connectivity index (χ3v) is 2.88. The molecule has 2 unspecified atom stereocenters. The van der Waals surface area contributed by atoms with E-state index in [2.05, 4.69) is 5.32 Å². The highest BCUT2D eigenvalue weighted by Gasteiger charge is 2.15. The normalized spacial score (nSPS) is 13.7. The smallest absolute Gasteiger partial charge is 0.260 e. The van der Waals surface area contributed by atoms with Crippen molar-refractivity contribution in [2.24, 2.45) is 0 Å². The Balaban J connectivity index is 2.38. The minimum absolute atomic E-state index is 0.245. The van der Waals surface area contributed by atoms with Crippen LogP contribution in [0.25, 0.3) is 0 Å². The van der Waals surface area contributed by atoms with Gasteiger partial charge in [0.05, 0.1) is 6.10 Å². The number of carbonyl (C=O) groups excluding carboxylic acids is 1. The van der Waals surface area contributed by atoms with Crippen molar-refractivity contribution in [1.29, 1.82) is 0 Å². The predicted octanol–water partition coefficient (Wildman–Crippen LogP) is 2.38. The minimum Gasteiger partial charge on any atom is -0.481 e. The number of aliphatic hydroxyl groups is 1. The van der Waals surface area contributed by atoms with Crippen LogP contribution in [0.1, 0.15) is 26.7 Å². The first-order valence-corrected chi connectivity index (χ1v) is 6.78. The van der Waals surface area contributed by atoms with E-state index in [0.717, 1.165) is 6.42 Å². The maximum atomic E-state index is 11.7. The van der Waals surface area contributed by atoms with Gasteiger partial charge in [-0.1, -0.05) is 24.9 Å². The van der Waals surface area contributed by atoms with E-state index in [1.165, 1.54) is 0 Å². The third kappa shape index (κ3) is 5.94. The van der Waals surface area contributed by atoms with Crippen LogP contribution in [-0.2, 0) is 4.79 Å². The second kappa shape index (κ2) is 8.02. The first-order chi connectivity index (χ1) is 9.02. The van der Waals surface area contributed by atoms with Crippen LogP contribution in [0.15, 0.2) is 24.3 Å². The SMILES string of the molecule is CCCC(O)CNC(=O)C(C)Oc1ccc(Cl)cc1. The number of hydrogen-bond acceptors (Lipinski definition) is 3. The Labute approximate surface area is 118 Å². The molecule has 19 heavy (non-hydrogen) atoms. The monoisotopic (exact) mass is 285 g/mol. The Bertz CT molecular complexity index is 394. The van der Waals surface area contributed by atoms with Crippen LogP contribution < -0.4 is 10.1 Å². The molecule has 0 heterocycles. The first kappa shape index (κ1) is 15.8. The Morgan fingerprint density at radius 1 is 1.42 bits per heavy atom. The van der Waals surface area contributed by atoms with Crippen LogP contribution in [0.2, 0.25) is 5.02 Å². The molecule has 0 bridgehead atoms. The number of halogens is 1. The van der Waals surface area contributed by atoms with Crippen molar-refractivity contribution in [3.05, 3.63) is 29.3 Å². The van der Waals surface area contributed by atoms with Crippen molar-refractivity contribution >= 4 is 17.5 Å². The molecule has 1 rings (SSSR count). The van der Waals surface area contributed by atoms with Gasteiger partial charge in [-0.3, -0.25) is 4.79 Å². The molecule has 4 nitrogen and oxygen atoms in total. The van der Waals surface area contributed by atoms with Crippen molar-refractivity contribution in [2.45, 2.75) is 38.9 Å². The van der Waals surface area contributed by atoms with E-state index in [-0.39, 0.29) is 12.5 Å². The predicted molar refractivity (Wildman–Crippen MR) is 75.5 cm³/mol. The van der Waals surface area contributed by atoms with E-state index in [1.807, 2.05) is 6.92 Å². The molecule has 5 heteroatoms. The number of nitrogens with one attached hydrogen (secondary N) is 1. The number of carbonyl (C=O) groups is 1. The van der Waals surface area contributed by atoms with E-state index in [4.69, 9.17) is 16.3 Å². The molecule has 0 radical (unpaired) electrons. The van der Waals surface area contributed by atoms with Gasteiger partial charge in [0.1, 0.15) is 5.75 Å². The van der Waals surface area contributed by atoms with Crippen LogP contribution in [-0.4, -0.2) is 29.8 Å². The molecule has 1 amide bonds. The molecule has 0 spiro atoms. The molecule has 1 aromatic rings. The maximum Gasteiger partial charge on any atom is 0.260 e. The number of benzene rings is 1. The number of amides is 1. The Kier molecular flexibility index (Phi) is 6.67. The fraction of sp³-hybridized carbons (Fsp3) is 0.500. The zero-order chi connectivity index (χ0) is 14.3. The van der Waals surface area contributed by atoms with Gasteiger partial charge in [0.2, 0.25) is 0 Å². The lowest BCUT2D eigenvalue weighted by molar-refractivity contribution is -0.127. The zero-order valence-corrected chi connectivity index (χ0v) is 12.0. The molecule has 0 aliphatic rings. The van der Waals surface area contributed by atoms with Crippen molar-refractivity contribution in [1.82, 2.24) is 5.32 Å². The number of ether oxygens (including phenoxy) is 1. The van der Waals surface area contributed by atoms with Crippen LogP contribution in [0, 0.1) is 0 Å². The van der Waals surface area contributed by atoms with Gasteiger partial charge in [-0.25, -0.2) is 0 Å². The summed E-state index contributed by atoms with van der Waals surface area (Å²) in [6, 6.07) is 6.81. The van der Waals surface area contributed by atoms with Crippen LogP contribution in [0.3, 0.4) is 0 Å².